The highest BCUT2D eigenvalue weighted by molar-refractivity contribution is 9.38. The van der Waals surface area contributed by atoms with E-state index in [1.54, 1.807) is 4.72 Å². The quantitative estimate of drug-likeness (QED) is 0.289. The highest BCUT2D eigenvalue weighted by Crippen LogP contribution is 2.46. The molecule has 2 rings (SSSR count). The molecule has 0 unspecified atom stereocenters. The minimum atomic E-state index is -4.50. The molecule has 0 saturated carbocycles. The van der Waals surface area contributed by atoms with Gasteiger partial charge in [-0.15, -0.1) is 0 Å². The summed E-state index contributed by atoms with van der Waals surface area (Å²) in [5, 5.41) is 13.1. The summed E-state index contributed by atoms with van der Waals surface area (Å²) in [7, 11) is -4.50. The lowest BCUT2D eigenvalue weighted by molar-refractivity contribution is -0.387. The zero-order chi connectivity index (χ0) is 20.4. The monoisotopic (exact) mass is 649 g/mol. The van der Waals surface area contributed by atoms with Crippen molar-refractivity contribution >= 4 is 91.4 Å². The van der Waals surface area contributed by atoms with Gasteiger partial charge in [-0.1, -0.05) is 59.9 Å². The summed E-state index contributed by atoms with van der Waals surface area (Å²) in [4.78, 5) is 29.4. The third kappa shape index (κ3) is 5.66. The van der Waals surface area contributed by atoms with Crippen LogP contribution in [0.3, 0.4) is 0 Å². The van der Waals surface area contributed by atoms with Gasteiger partial charge in [-0.2, -0.15) is 0 Å². The number of amides is 2. The van der Waals surface area contributed by atoms with Crippen molar-refractivity contribution in [2.45, 2.75) is 7.04 Å². The van der Waals surface area contributed by atoms with E-state index in [4.69, 9.17) is 0 Å². The van der Waals surface area contributed by atoms with Gasteiger partial charge in [-0.3, -0.25) is 15.4 Å². The van der Waals surface area contributed by atoms with E-state index in [0.29, 0.717) is 10.2 Å². The van der Waals surface area contributed by atoms with Crippen molar-refractivity contribution in [1.82, 2.24) is 14.7 Å². The van der Waals surface area contributed by atoms with Crippen LogP contribution >= 0.6 is 63.7 Å². The van der Waals surface area contributed by atoms with E-state index in [1.807, 2.05) is 0 Å². The number of nitro groups is 1. The molecule has 0 aliphatic rings. The second kappa shape index (κ2) is 8.46. The second-order valence-electron chi connectivity index (χ2n) is 4.67. The van der Waals surface area contributed by atoms with E-state index in [2.05, 4.69) is 79.0 Å². The van der Waals surface area contributed by atoms with Gasteiger partial charge in [0.05, 0.1) is 15.1 Å². The number of hydrogen-bond donors (Lipinski definition) is 2. The average molecular weight is 653 g/mol. The number of hydrogen-bond acceptors (Lipinski definition) is 7. The molecule has 0 bridgehead atoms. The van der Waals surface area contributed by atoms with Crippen molar-refractivity contribution in [3.05, 3.63) is 50.7 Å². The van der Waals surface area contributed by atoms with Crippen LogP contribution in [0.2, 0.25) is 0 Å². The molecule has 27 heavy (non-hydrogen) atoms. The normalized spacial score (nSPS) is 11.7. The molecule has 0 fully saturated rings. The van der Waals surface area contributed by atoms with Gasteiger partial charge in [0, 0.05) is 12.3 Å². The summed E-state index contributed by atoms with van der Waals surface area (Å²) in [6.07, 6.45) is 1.34. The Kier molecular flexibility index (Phi) is 6.94. The predicted molar refractivity (Wildman–Crippen MR) is 111 cm³/mol. The van der Waals surface area contributed by atoms with Gasteiger partial charge in [0.2, 0.25) is 5.95 Å². The fourth-order valence-electron chi connectivity index (χ4n) is 1.77. The molecule has 0 atom stereocenters. The van der Waals surface area contributed by atoms with Crippen LogP contribution in [0.1, 0.15) is 5.69 Å². The summed E-state index contributed by atoms with van der Waals surface area (Å²) in [6, 6.07) is 3.44. The Morgan fingerprint density at radius 1 is 1.22 bits per heavy atom. The summed E-state index contributed by atoms with van der Waals surface area (Å²) in [5.74, 6) is -0.203. The fourth-order valence-corrected chi connectivity index (χ4v) is 5.04. The number of benzene rings is 1. The number of nitrogens with one attached hydrogen (secondary N) is 2. The zero-order valence-corrected chi connectivity index (χ0v) is 19.9. The van der Waals surface area contributed by atoms with Crippen molar-refractivity contribution in [3.63, 3.8) is 0 Å². The molecule has 1 aromatic heterocycles. The number of nitrogens with zero attached hydrogens (tertiary/aromatic N) is 3. The number of carbonyl (C=O) groups is 1. The maximum Gasteiger partial charge on any atom is 0.335 e. The third-order valence-electron chi connectivity index (χ3n) is 2.82. The first-order chi connectivity index (χ1) is 12.4. The Bertz CT molecular complexity index is 1010. The molecule has 144 valence electrons. The standard InChI is InChI=1S/C12H7Br4N5O5S/c13-6-5-17-10(18-9(6)12(14,15)16)19-11(22)20-27(25,26)8-4-2-1-3-7(8)21(23)24/h1-5H,(H2,17,18,19,20,22). The van der Waals surface area contributed by atoms with Crippen molar-refractivity contribution < 1.29 is 18.1 Å². The lowest BCUT2D eigenvalue weighted by Gasteiger charge is -2.14. The minimum Gasteiger partial charge on any atom is -0.275 e. The van der Waals surface area contributed by atoms with Crippen molar-refractivity contribution in [2.24, 2.45) is 0 Å². The Morgan fingerprint density at radius 3 is 2.44 bits per heavy atom. The highest BCUT2D eigenvalue weighted by Gasteiger charge is 2.29. The maximum atomic E-state index is 12.3. The van der Waals surface area contributed by atoms with E-state index >= 15 is 0 Å². The van der Waals surface area contributed by atoms with Gasteiger partial charge >= 0.3 is 6.03 Å². The maximum absolute atomic E-state index is 12.3. The minimum absolute atomic E-state index is 0.203. The summed E-state index contributed by atoms with van der Waals surface area (Å²) in [6.45, 7) is 0. The van der Waals surface area contributed by atoms with Crippen LogP contribution in [-0.2, 0) is 12.2 Å². The van der Waals surface area contributed by atoms with Gasteiger partial charge in [-0.25, -0.2) is 27.9 Å². The lowest BCUT2D eigenvalue weighted by atomic mass is 10.3. The van der Waals surface area contributed by atoms with Crippen molar-refractivity contribution in [1.29, 1.82) is 0 Å². The molecule has 0 radical (unpaired) electrons. The first kappa shape index (κ1) is 22.1. The molecular formula is C12H7Br4N5O5S. The smallest absolute Gasteiger partial charge is 0.275 e. The molecule has 0 aliphatic heterocycles. The number of rotatable bonds is 4. The number of anilines is 1. The van der Waals surface area contributed by atoms with E-state index in [0.717, 1.165) is 12.1 Å². The van der Waals surface area contributed by atoms with Crippen LogP contribution in [0.4, 0.5) is 16.4 Å². The first-order valence-electron chi connectivity index (χ1n) is 6.59. The number of halogens is 4. The topological polar surface area (TPSA) is 144 Å². The summed E-state index contributed by atoms with van der Waals surface area (Å²) >= 11 is 13.0. The summed E-state index contributed by atoms with van der Waals surface area (Å²) in [5.41, 5.74) is -0.308. The number of aromatic nitrogens is 2. The Balaban J connectivity index is 2.25. The molecule has 0 saturated heterocycles. The zero-order valence-electron chi connectivity index (χ0n) is 12.7. The largest absolute Gasteiger partial charge is 0.335 e. The SMILES string of the molecule is O=C(Nc1ncc(Br)c(C(Br)(Br)Br)n1)NS(=O)(=O)c1ccccc1[N+](=O)[O-]. The van der Waals surface area contributed by atoms with E-state index < -0.39 is 33.7 Å². The average Bonchev–Trinajstić information content (AvgIpc) is 2.55. The molecule has 2 N–H and O–H groups in total. The Labute approximate surface area is 186 Å². The molecule has 1 aromatic carbocycles. The van der Waals surface area contributed by atoms with Crippen molar-refractivity contribution in [3.8, 4) is 0 Å². The number of alkyl halides is 3. The number of sulfonamides is 1. The second-order valence-corrected chi connectivity index (χ2v) is 13.9. The van der Waals surface area contributed by atoms with Gasteiger partial charge in [-0.05, 0) is 22.0 Å². The van der Waals surface area contributed by atoms with Gasteiger partial charge in [0.25, 0.3) is 15.7 Å². The number of carbonyl (C=O) groups excluding carboxylic acids is 1. The van der Waals surface area contributed by atoms with Gasteiger partial charge in [0.1, 0.15) is 0 Å². The van der Waals surface area contributed by atoms with Crippen LogP contribution in [0.15, 0.2) is 39.8 Å². The first-order valence-corrected chi connectivity index (χ1v) is 11.2. The Morgan fingerprint density at radius 2 is 1.85 bits per heavy atom. The molecular weight excluding hydrogens is 646 g/mol. The Hall–Kier alpha value is -1.16. The van der Waals surface area contributed by atoms with Crippen LogP contribution in [-0.4, -0.2) is 29.3 Å². The van der Waals surface area contributed by atoms with Crippen LogP contribution < -0.4 is 10.0 Å². The van der Waals surface area contributed by atoms with E-state index in [9.17, 15) is 23.3 Å². The molecule has 15 heteroatoms. The molecule has 0 spiro atoms. The van der Waals surface area contributed by atoms with Gasteiger partial charge in [0.15, 0.2) is 7.04 Å². The molecule has 2 amide bonds. The van der Waals surface area contributed by atoms with E-state index in [-0.39, 0.29) is 5.95 Å². The molecule has 0 aliphatic carbocycles. The highest BCUT2D eigenvalue weighted by atomic mass is 80.0. The van der Waals surface area contributed by atoms with Gasteiger partial charge < -0.3 is 0 Å². The molecule has 10 nitrogen and oxygen atoms in total. The van der Waals surface area contributed by atoms with Crippen LogP contribution in [0.5, 0.6) is 0 Å². The number of nitro benzene ring substituents is 1. The fraction of sp³-hybridized carbons (Fsp3) is 0.0833. The number of urea groups is 1. The number of para-hydroxylation sites is 1. The van der Waals surface area contributed by atoms with Crippen LogP contribution in [0, 0.1) is 10.1 Å². The third-order valence-corrected chi connectivity index (χ3v) is 5.90. The molecule has 2 aromatic rings. The molecule has 1 heterocycles. The summed E-state index contributed by atoms with van der Waals surface area (Å²) < 4.78 is 25.8. The predicted octanol–water partition coefficient (Wildman–Crippen LogP) is 3.95. The van der Waals surface area contributed by atoms with E-state index in [1.165, 1.54) is 18.3 Å². The van der Waals surface area contributed by atoms with Crippen LogP contribution in [0.25, 0.3) is 0 Å². The van der Waals surface area contributed by atoms with Crippen molar-refractivity contribution in [2.75, 3.05) is 5.32 Å². The lowest BCUT2D eigenvalue weighted by Crippen LogP contribution is -2.35.